The molecule has 0 saturated heterocycles. The van der Waals surface area contributed by atoms with Gasteiger partial charge in [0, 0.05) is 18.0 Å². The van der Waals surface area contributed by atoms with Gasteiger partial charge in [0.15, 0.2) is 0 Å². The molecule has 1 aromatic rings. The van der Waals surface area contributed by atoms with Crippen LogP contribution in [0, 0.1) is 6.92 Å². The van der Waals surface area contributed by atoms with E-state index in [0.29, 0.717) is 6.10 Å². The minimum absolute atomic E-state index is 0.144. The number of hydrogen-bond donors (Lipinski definition) is 1. The van der Waals surface area contributed by atoms with Crippen molar-refractivity contribution < 1.29 is 4.74 Å². The molecule has 15 heavy (non-hydrogen) atoms. The van der Waals surface area contributed by atoms with Gasteiger partial charge < -0.3 is 10.5 Å². The van der Waals surface area contributed by atoms with Gasteiger partial charge in [0.05, 0.1) is 0 Å². The van der Waals surface area contributed by atoms with Gasteiger partial charge in [-0.05, 0) is 19.4 Å². The zero-order valence-electron chi connectivity index (χ0n) is 9.49. The van der Waals surface area contributed by atoms with Crippen LogP contribution in [0.2, 0.25) is 0 Å². The monoisotopic (exact) mass is 205 g/mol. The fraction of sp³-hybridized carbons (Fsp3) is 0.538. The van der Waals surface area contributed by atoms with Crippen LogP contribution in [-0.2, 0) is 0 Å². The highest BCUT2D eigenvalue weighted by Gasteiger charge is 2.24. The summed E-state index contributed by atoms with van der Waals surface area (Å²) in [6.07, 6.45) is 3.50. The van der Waals surface area contributed by atoms with Crippen LogP contribution in [0.15, 0.2) is 18.2 Å². The molecule has 0 fully saturated rings. The van der Waals surface area contributed by atoms with Crippen LogP contribution in [0.4, 0.5) is 0 Å². The van der Waals surface area contributed by atoms with Crippen LogP contribution in [0.3, 0.4) is 0 Å². The minimum Gasteiger partial charge on any atom is -0.490 e. The lowest BCUT2D eigenvalue weighted by Gasteiger charge is -2.30. The van der Waals surface area contributed by atoms with Gasteiger partial charge in [-0.25, -0.2) is 0 Å². The lowest BCUT2D eigenvalue weighted by molar-refractivity contribution is 0.149. The molecule has 1 unspecified atom stereocenters. The molecular formula is C13H19NO. The van der Waals surface area contributed by atoms with Crippen LogP contribution < -0.4 is 10.5 Å². The Hall–Kier alpha value is -1.02. The highest BCUT2D eigenvalue weighted by atomic mass is 16.5. The van der Waals surface area contributed by atoms with Crippen LogP contribution in [0.25, 0.3) is 0 Å². The van der Waals surface area contributed by atoms with Crippen molar-refractivity contribution in [1.29, 1.82) is 0 Å². The molecule has 2 rings (SSSR count). The molecule has 0 aliphatic carbocycles. The van der Waals surface area contributed by atoms with Gasteiger partial charge in [-0.15, -0.1) is 0 Å². The lowest BCUT2D eigenvalue weighted by atomic mass is 9.94. The first-order chi connectivity index (χ1) is 7.20. The second-order valence-electron chi connectivity index (χ2n) is 4.41. The number of nitrogens with two attached hydrogens (primary N) is 1. The highest BCUT2D eigenvalue weighted by Crippen LogP contribution is 2.35. The highest BCUT2D eigenvalue weighted by molar-refractivity contribution is 5.40. The van der Waals surface area contributed by atoms with E-state index in [1.807, 2.05) is 6.07 Å². The Morgan fingerprint density at radius 3 is 3.00 bits per heavy atom. The number of hydrogen-bond acceptors (Lipinski definition) is 2. The van der Waals surface area contributed by atoms with Crippen LogP contribution >= 0.6 is 0 Å². The first kappa shape index (κ1) is 10.5. The van der Waals surface area contributed by atoms with Crippen LogP contribution in [-0.4, -0.2) is 6.10 Å². The predicted octanol–water partition coefficient (Wildman–Crippen LogP) is 2.95. The number of rotatable bonds is 2. The van der Waals surface area contributed by atoms with Crippen molar-refractivity contribution >= 4 is 0 Å². The van der Waals surface area contributed by atoms with Gasteiger partial charge in [0.1, 0.15) is 11.9 Å². The molecule has 0 spiro atoms. The van der Waals surface area contributed by atoms with Crippen molar-refractivity contribution in [3.63, 3.8) is 0 Å². The van der Waals surface area contributed by atoms with E-state index in [-0.39, 0.29) is 6.04 Å². The van der Waals surface area contributed by atoms with Gasteiger partial charge in [-0.1, -0.05) is 31.0 Å². The van der Waals surface area contributed by atoms with E-state index >= 15 is 0 Å². The number of aryl methyl sites for hydroxylation is 1. The van der Waals surface area contributed by atoms with Crippen molar-refractivity contribution in [2.45, 2.75) is 45.3 Å². The summed E-state index contributed by atoms with van der Waals surface area (Å²) >= 11 is 0. The summed E-state index contributed by atoms with van der Waals surface area (Å²) < 4.78 is 5.92. The van der Waals surface area contributed by atoms with E-state index in [1.54, 1.807) is 0 Å². The normalized spacial score (nSPS) is 24.5. The summed E-state index contributed by atoms with van der Waals surface area (Å²) in [7, 11) is 0. The smallest absolute Gasteiger partial charge is 0.124 e. The third kappa shape index (κ3) is 2.15. The largest absolute Gasteiger partial charge is 0.490 e. The molecule has 2 N–H and O–H groups in total. The average Bonchev–Trinajstić information content (AvgIpc) is 2.20. The zero-order chi connectivity index (χ0) is 10.8. The van der Waals surface area contributed by atoms with E-state index < -0.39 is 0 Å². The van der Waals surface area contributed by atoms with Gasteiger partial charge in [0.25, 0.3) is 0 Å². The van der Waals surface area contributed by atoms with Crippen molar-refractivity contribution in [2.24, 2.45) is 5.73 Å². The number of ether oxygens (including phenoxy) is 1. The van der Waals surface area contributed by atoms with Gasteiger partial charge in [-0.3, -0.25) is 0 Å². The Bertz CT molecular complexity index is 348. The SMILES string of the molecule is CCCC1C[C@@H](N)c2cc(C)ccc2O1. The van der Waals surface area contributed by atoms with E-state index in [4.69, 9.17) is 10.5 Å². The fourth-order valence-electron chi connectivity index (χ4n) is 2.20. The third-order valence-electron chi connectivity index (χ3n) is 2.99. The summed E-state index contributed by atoms with van der Waals surface area (Å²) in [4.78, 5) is 0. The molecule has 2 atom stereocenters. The molecule has 82 valence electrons. The third-order valence-corrected chi connectivity index (χ3v) is 2.99. The Morgan fingerprint density at radius 1 is 1.47 bits per heavy atom. The predicted molar refractivity (Wildman–Crippen MR) is 62.0 cm³/mol. The molecular weight excluding hydrogens is 186 g/mol. The Balaban J connectivity index is 2.24. The summed E-state index contributed by atoms with van der Waals surface area (Å²) in [5.41, 5.74) is 8.58. The molecule has 0 saturated carbocycles. The molecule has 1 aliphatic heterocycles. The Morgan fingerprint density at radius 2 is 2.27 bits per heavy atom. The lowest BCUT2D eigenvalue weighted by Crippen LogP contribution is -2.29. The summed E-state index contributed by atoms with van der Waals surface area (Å²) in [6, 6.07) is 6.42. The second-order valence-corrected chi connectivity index (χ2v) is 4.41. The Kier molecular flexibility index (Phi) is 2.96. The van der Waals surface area contributed by atoms with E-state index in [1.165, 1.54) is 11.1 Å². The van der Waals surface area contributed by atoms with Gasteiger partial charge >= 0.3 is 0 Å². The van der Waals surface area contributed by atoms with Crippen molar-refractivity contribution in [2.75, 3.05) is 0 Å². The first-order valence-electron chi connectivity index (χ1n) is 5.73. The number of fused-ring (bicyclic) bond motifs is 1. The van der Waals surface area contributed by atoms with Gasteiger partial charge in [0.2, 0.25) is 0 Å². The Labute approximate surface area is 91.4 Å². The van der Waals surface area contributed by atoms with E-state index in [2.05, 4.69) is 26.0 Å². The second kappa shape index (κ2) is 4.23. The summed E-state index contributed by atoms with van der Waals surface area (Å²) in [6.45, 7) is 4.27. The van der Waals surface area contributed by atoms with E-state index in [9.17, 15) is 0 Å². The molecule has 0 radical (unpaired) electrons. The summed E-state index contributed by atoms with van der Waals surface area (Å²) in [5, 5.41) is 0. The van der Waals surface area contributed by atoms with Crippen LogP contribution in [0.5, 0.6) is 5.75 Å². The maximum Gasteiger partial charge on any atom is 0.124 e. The summed E-state index contributed by atoms with van der Waals surface area (Å²) in [5.74, 6) is 0.984. The minimum atomic E-state index is 0.144. The quantitative estimate of drug-likeness (QED) is 0.805. The first-order valence-corrected chi connectivity index (χ1v) is 5.73. The molecule has 1 heterocycles. The molecule has 0 bridgehead atoms. The van der Waals surface area contributed by atoms with Gasteiger partial charge in [-0.2, -0.15) is 0 Å². The van der Waals surface area contributed by atoms with Crippen molar-refractivity contribution in [3.8, 4) is 5.75 Å². The fourth-order valence-corrected chi connectivity index (χ4v) is 2.20. The van der Waals surface area contributed by atoms with Crippen molar-refractivity contribution in [3.05, 3.63) is 29.3 Å². The zero-order valence-corrected chi connectivity index (χ0v) is 9.49. The van der Waals surface area contributed by atoms with E-state index in [0.717, 1.165) is 25.0 Å². The molecule has 2 nitrogen and oxygen atoms in total. The van der Waals surface area contributed by atoms with Crippen LogP contribution in [0.1, 0.15) is 43.4 Å². The number of benzene rings is 1. The standard InChI is InChI=1S/C13H19NO/c1-3-4-10-8-12(14)11-7-9(2)5-6-13(11)15-10/h5-7,10,12H,3-4,8,14H2,1-2H3/t10?,12-/m1/s1. The molecule has 2 heteroatoms. The molecule has 1 aromatic carbocycles. The molecule has 0 aromatic heterocycles. The molecule has 1 aliphatic rings. The topological polar surface area (TPSA) is 35.2 Å². The van der Waals surface area contributed by atoms with Crippen molar-refractivity contribution in [1.82, 2.24) is 0 Å². The average molecular weight is 205 g/mol. The maximum atomic E-state index is 6.16. The molecule has 0 amide bonds. The maximum absolute atomic E-state index is 6.16.